The van der Waals surface area contributed by atoms with E-state index in [1.54, 1.807) is 0 Å². The van der Waals surface area contributed by atoms with E-state index in [-0.39, 0.29) is 6.10 Å². The molecular formula is C19H27ClN2O2. The van der Waals surface area contributed by atoms with Crippen LogP contribution in [0.15, 0.2) is 18.2 Å². The second kappa shape index (κ2) is 7.20. The number of nitrogens with zero attached hydrogens (tertiary/aromatic N) is 1. The Morgan fingerprint density at radius 2 is 1.92 bits per heavy atom. The van der Waals surface area contributed by atoms with Crippen LogP contribution in [0.5, 0.6) is 5.75 Å². The maximum Gasteiger partial charge on any atom is 0.138 e. The van der Waals surface area contributed by atoms with E-state index in [1.165, 1.54) is 12.8 Å². The molecule has 1 aromatic rings. The number of fused-ring (bicyclic) bond motifs is 1. The molecule has 0 radical (unpaired) electrons. The Morgan fingerprint density at radius 3 is 2.71 bits per heavy atom. The third-order valence-corrected chi connectivity index (χ3v) is 6.33. The van der Waals surface area contributed by atoms with Crippen molar-refractivity contribution in [1.82, 2.24) is 10.2 Å². The van der Waals surface area contributed by atoms with E-state index in [1.807, 2.05) is 12.1 Å². The molecular weight excluding hydrogens is 324 g/mol. The Kier molecular flexibility index (Phi) is 5.00. The number of rotatable bonds is 4. The zero-order valence-corrected chi connectivity index (χ0v) is 14.8. The van der Waals surface area contributed by atoms with Gasteiger partial charge in [0, 0.05) is 6.54 Å². The lowest BCUT2D eigenvalue weighted by Crippen LogP contribution is -2.42. The first-order chi connectivity index (χ1) is 11.7. The maximum absolute atomic E-state index is 10.5. The minimum atomic E-state index is -0.399. The van der Waals surface area contributed by atoms with Crippen molar-refractivity contribution in [2.24, 2.45) is 11.8 Å². The number of hydrogen-bond acceptors (Lipinski definition) is 4. The summed E-state index contributed by atoms with van der Waals surface area (Å²) in [6.45, 7) is 5.26. The van der Waals surface area contributed by atoms with Crippen LogP contribution in [0.3, 0.4) is 0 Å². The van der Waals surface area contributed by atoms with Crippen LogP contribution in [-0.4, -0.2) is 48.4 Å². The van der Waals surface area contributed by atoms with Crippen LogP contribution >= 0.6 is 11.6 Å². The molecule has 0 unspecified atom stereocenters. The fourth-order valence-electron chi connectivity index (χ4n) is 4.50. The molecule has 1 aromatic carbocycles. The monoisotopic (exact) mass is 350 g/mol. The Balaban J connectivity index is 1.45. The van der Waals surface area contributed by atoms with Gasteiger partial charge in [0.25, 0.3) is 0 Å². The van der Waals surface area contributed by atoms with Gasteiger partial charge in [-0.2, -0.15) is 0 Å². The number of aliphatic hydroxyl groups excluding tert-OH is 1. The van der Waals surface area contributed by atoms with Gasteiger partial charge in [0.05, 0.1) is 11.1 Å². The molecule has 2 aliphatic heterocycles. The van der Waals surface area contributed by atoms with Crippen molar-refractivity contribution in [1.29, 1.82) is 0 Å². The molecule has 24 heavy (non-hydrogen) atoms. The first-order valence-electron chi connectivity index (χ1n) is 9.26. The van der Waals surface area contributed by atoms with E-state index in [0.29, 0.717) is 16.9 Å². The third-order valence-electron chi connectivity index (χ3n) is 5.90. The van der Waals surface area contributed by atoms with E-state index in [2.05, 4.69) is 16.3 Å². The van der Waals surface area contributed by atoms with Gasteiger partial charge in [0.2, 0.25) is 0 Å². The average molecular weight is 351 g/mol. The Hall–Kier alpha value is -0.810. The fraction of sp³-hybridized carbons (Fsp3) is 0.684. The highest BCUT2D eigenvalue weighted by Crippen LogP contribution is 2.37. The summed E-state index contributed by atoms with van der Waals surface area (Å²) < 4.78 is 6.18. The Morgan fingerprint density at radius 1 is 1.17 bits per heavy atom. The van der Waals surface area contributed by atoms with Gasteiger partial charge in [-0.15, -0.1) is 0 Å². The lowest BCUT2D eigenvalue weighted by Gasteiger charge is -2.35. The first-order valence-corrected chi connectivity index (χ1v) is 9.63. The topological polar surface area (TPSA) is 44.7 Å². The second-order valence-corrected chi connectivity index (χ2v) is 7.96. The van der Waals surface area contributed by atoms with Crippen LogP contribution in [0.4, 0.5) is 0 Å². The number of nitrogens with one attached hydrogen (secondary N) is 1. The van der Waals surface area contributed by atoms with Gasteiger partial charge in [0.15, 0.2) is 0 Å². The summed E-state index contributed by atoms with van der Waals surface area (Å²) in [5.74, 6) is 1.93. The molecule has 1 aliphatic carbocycles. The first kappa shape index (κ1) is 16.6. The summed E-state index contributed by atoms with van der Waals surface area (Å²) in [6.07, 6.45) is 3.74. The average Bonchev–Trinajstić information content (AvgIpc) is 3.23. The van der Waals surface area contributed by atoms with Gasteiger partial charge < -0.3 is 15.2 Å². The summed E-state index contributed by atoms with van der Waals surface area (Å²) in [4.78, 5) is 2.44. The molecule has 2 N–H and O–H groups in total. The van der Waals surface area contributed by atoms with Gasteiger partial charge in [-0.1, -0.05) is 23.7 Å². The molecule has 0 amide bonds. The predicted octanol–water partition coefficient (Wildman–Crippen LogP) is 2.67. The maximum atomic E-state index is 10.5. The van der Waals surface area contributed by atoms with Crippen molar-refractivity contribution in [2.45, 2.75) is 44.4 Å². The normalized spacial score (nSPS) is 33.6. The summed E-state index contributed by atoms with van der Waals surface area (Å²) in [7, 11) is 0. The molecule has 2 heterocycles. The van der Waals surface area contributed by atoms with Gasteiger partial charge in [-0.3, -0.25) is 4.90 Å². The van der Waals surface area contributed by atoms with Crippen molar-refractivity contribution >= 4 is 11.6 Å². The van der Waals surface area contributed by atoms with Crippen LogP contribution < -0.4 is 10.1 Å². The van der Waals surface area contributed by atoms with Crippen molar-refractivity contribution < 1.29 is 9.84 Å². The van der Waals surface area contributed by atoms with Gasteiger partial charge in [-0.05, 0) is 75.3 Å². The van der Waals surface area contributed by atoms with E-state index >= 15 is 0 Å². The minimum Gasteiger partial charge on any atom is -0.486 e. The number of benzene rings is 1. The molecule has 3 fully saturated rings. The number of ether oxygens (including phenoxy) is 1. The molecule has 4 atom stereocenters. The standard InChI is InChI=1S/C19H27ClN2O2/c20-19-13(12-22-6-1-2-7-22)4-3-5-17(19)24-18-9-15-11-21-10-14(15)8-16(18)23/h3-5,14-16,18,21,23H,1-2,6-12H2/t14-,15+,16+,18+/m0/s1. The third kappa shape index (κ3) is 3.43. The van der Waals surface area contributed by atoms with E-state index in [4.69, 9.17) is 16.3 Å². The molecule has 5 heteroatoms. The molecule has 1 saturated carbocycles. The highest BCUT2D eigenvalue weighted by Gasteiger charge is 2.40. The van der Waals surface area contributed by atoms with E-state index in [9.17, 15) is 5.11 Å². The van der Waals surface area contributed by atoms with Crippen LogP contribution in [0.25, 0.3) is 0 Å². The summed E-state index contributed by atoms with van der Waals surface area (Å²) >= 11 is 6.62. The molecule has 0 spiro atoms. The second-order valence-electron chi connectivity index (χ2n) is 7.59. The molecule has 0 bridgehead atoms. The molecule has 0 aromatic heterocycles. The van der Waals surface area contributed by atoms with Crippen LogP contribution in [-0.2, 0) is 6.54 Å². The zero-order valence-electron chi connectivity index (χ0n) is 14.1. The smallest absolute Gasteiger partial charge is 0.138 e. The molecule has 132 valence electrons. The largest absolute Gasteiger partial charge is 0.486 e. The molecule has 4 rings (SSSR count). The van der Waals surface area contributed by atoms with Crippen molar-refractivity contribution in [3.05, 3.63) is 28.8 Å². The quantitative estimate of drug-likeness (QED) is 0.876. The SMILES string of the molecule is O[C@@H]1C[C@H]2CNC[C@H]2C[C@H]1Oc1cccc(CN2CCCC2)c1Cl. The van der Waals surface area contributed by atoms with Gasteiger partial charge in [0.1, 0.15) is 11.9 Å². The summed E-state index contributed by atoms with van der Waals surface area (Å²) in [5.41, 5.74) is 1.13. The Bertz CT molecular complexity index is 576. The summed E-state index contributed by atoms with van der Waals surface area (Å²) in [5, 5.41) is 14.6. The van der Waals surface area contributed by atoms with Crippen LogP contribution in [0.2, 0.25) is 5.02 Å². The highest BCUT2D eigenvalue weighted by molar-refractivity contribution is 6.32. The van der Waals surface area contributed by atoms with Crippen molar-refractivity contribution in [2.75, 3.05) is 26.2 Å². The number of aliphatic hydroxyl groups is 1. The van der Waals surface area contributed by atoms with Gasteiger partial charge >= 0.3 is 0 Å². The van der Waals surface area contributed by atoms with E-state index in [0.717, 1.165) is 56.9 Å². The fourth-order valence-corrected chi connectivity index (χ4v) is 4.73. The van der Waals surface area contributed by atoms with Crippen LogP contribution in [0.1, 0.15) is 31.2 Å². The molecule has 3 aliphatic rings. The number of halogens is 1. The van der Waals surface area contributed by atoms with Crippen LogP contribution in [0, 0.1) is 11.8 Å². The minimum absolute atomic E-state index is 0.148. The van der Waals surface area contributed by atoms with Crippen molar-refractivity contribution in [3.63, 3.8) is 0 Å². The number of likely N-dealkylation sites (tertiary alicyclic amines) is 1. The zero-order chi connectivity index (χ0) is 16.5. The van der Waals surface area contributed by atoms with E-state index < -0.39 is 6.10 Å². The summed E-state index contributed by atoms with van der Waals surface area (Å²) in [6, 6.07) is 6.03. The Labute approximate surface area is 149 Å². The molecule has 4 nitrogen and oxygen atoms in total. The number of hydrogen-bond donors (Lipinski definition) is 2. The van der Waals surface area contributed by atoms with Crippen molar-refractivity contribution in [3.8, 4) is 5.75 Å². The predicted molar refractivity (Wildman–Crippen MR) is 95.5 cm³/mol. The molecule has 2 saturated heterocycles. The highest BCUT2D eigenvalue weighted by atomic mass is 35.5. The lowest BCUT2D eigenvalue weighted by molar-refractivity contribution is -0.0231. The lowest BCUT2D eigenvalue weighted by atomic mass is 9.78. The van der Waals surface area contributed by atoms with Gasteiger partial charge in [-0.25, -0.2) is 0 Å².